The first-order valence-electron chi connectivity index (χ1n) is 9.45. The fraction of sp³-hybridized carbons (Fsp3) is 0.300. The van der Waals surface area contributed by atoms with Crippen LogP contribution in [0.3, 0.4) is 0 Å². The van der Waals surface area contributed by atoms with E-state index in [0.29, 0.717) is 0 Å². The molecule has 0 saturated heterocycles. The van der Waals surface area contributed by atoms with Crippen LogP contribution < -0.4 is 19.5 Å². The fourth-order valence-electron chi connectivity index (χ4n) is 2.74. The van der Waals surface area contributed by atoms with Gasteiger partial charge in [0.1, 0.15) is 16.4 Å². The minimum Gasteiger partial charge on any atom is -0.495 e. The molecule has 3 rings (SSSR count). The van der Waals surface area contributed by atoms with Crippen LogP contribution in [-0.2, 0) is 19.6 Å². The standard InChI is InChI=1S/C20H19Cl3N2O7S/c1-30-16-8-17(31-2)15(7-13(16)22)25-33(28,29)18-5-11(12(21)6-14(18)23)20(27)32-9-19(26)24-10-3-4-10/h5-8,10,25H,3-4,9H2,1-2H3,(H,24,26). The van der Waals surface area contributed by atoms with Gasteiger partial charge in [0.2, 0.25) is 0 Å². The zero-order valence-electron chi connectivity index (χ0n) is 17.4. The summed E-state index contributed by atoms with van der Waals surface area (Å²) in [4.78, 5) is 23.7. The van der Waals surface area contributed by atoms with Gasteiger partial charge in [-0.25, -0.2) is 13.2 Å². The average molecular weight is 538 g/mol. The summed E-state index contributed by atoms with van der Waals surface area (Å²) in [5, 5.41) is 2.41. The Morgan fingerprint density at radius 2 is 1.64 bits per heavy atom. The molecule has 0 radical (unpaired) electrons. The minimum atomic E-state index is -4.33. The summed E-state index contributed by atoms with van der Waals surface area (Å²) in [6.07, 6.45) is 1.75. The third kappa shape index (κ3) is 6.14. The van der Waals surface area contributed by atoms with E-state index in [1.54, 1.807) is 0 Å². The number of rotatable bonds is 9. The normalized spacial score (nSPS) is 13.2. The van der Waals surface area contributed by atoms with E-state index in [-0.39, 0.29) is 43.9 Å². The van der Waals surface area contributed by atoms with Crippen LogP contribution in [0.5, 0.6) is 11.5 Å². The Labute approximate surface area is 205 Å². The summed E-state index contributed by atoms with van der Waals surface area (Å²) in [7, 11) is -1.60. The lowest BCUT2D eigenvalue weighted by molar-refractivity contribution is -0.124. The van der Waals surface area contributed by atoms with E-state index >= 15 is 0 Å². The molecule has 1 aliphatic carbocycles. The first-order chi connectivity index (χ1) is 15.6. The van der Waals surface area contributed by atoms with Crippen molar-refractivity contribution in [1.29, 1.82) is 0 Å². The number of hydrogen-bond acceptors (Lipinski definition) is 7. The Kier molecular flexibility index (Phi) is 7.84. The number of benzene rings is 2. The van der Waals surface area contributed by atoms with Crippen LogP contribution in [0, 0.1) is 0 Å². The molecule has 2 N–H and O–H groups in total. The Hall–Kier alpha value is -2.40. The molecule has 0 bridgehead atoms. The summed E-state index contributed by atoms with van der Waals surface area (Å²) in [6, 6.07) is 4.86. The fourth-order valence-corrected chi connectivity index (χ4v) is 4.89. The molecule has 0 unspecified atom stereocenters. The highest BCUT2D eigenvalue weighted by Crippen LogP contribution is 2.38. The van der Waals surface area contributed by atoms with Crippen LogP contribution in [0.2, 0.25) is 15.1 Å². The average Bonchev–Trinajstić information content (AvgIpc) is 3.55. The van der Waals surface area contributed by atoms with Gasteiger partial charge in [-0.2, -0.15) is 0 Å². The van der Waals surface area contributed by atoms with Crippen LogP contribution >= 0.6 is 34.8 Å². The molecule has 0 spiro atoms. The number of hydrogen-bond donors (Lipinski definition) is 2. The minimum absolute atomic E-state index is 0.00944. The molecule has 0 aromatic heterocycles. The molecule has 1 fully saturated rings. The number of ether oxygens (including phenoxy) is 3. The Morgan fingerprint density at radius 1 is 0.970 bits per heavy atom. The highest BCUT2D eigenvalue weighted by atomic mass is 35.5. The van der Waals surface area contributed by atoms with Gasteiger partial charge in [0.15, 0.2) is 6.61 Å². The molecule has 1 amide bonds. The van der Waals surface area contributed by atoms with Crippen molar-refractivity contribution < 1.29 is 32.2 Å². The van der Waals surface area contributed by atoms with Crippen LogP contribution in [0.15, 0.2) is 29.2 Å². The second-order valence-corrected chi connectivity index (χ2v) is 9.85. The molecule has 13 heteroatoms. The van der Waals surface area contributed by atoms with Crippen molar-refractivity contribution in [2.45, 2.75) is 23.8 Å². The molecule has 33 heavy (non-hydrogen) atoms. The zero-order chi connectivity index (χ0) is 24.3. The number of methoxy groups -OCH3 is 2. The number of nitrogens with one attached hydrogen (secondary N) is 2. The van der Waals surface area contributed by atoms with Crippen LogP contribution in [0.1, 0.15) is 23.2 Å². The van der Waals surface area contributed by atoms with Gasteiger partial charge >= 0.3 is 5.97 Å². The molecule has 1 aliphatic rings. The molecule has 0 heterocycles. The van der Waals surface area contributed by atoms with Gasteiger partial charge in [0, 0.05) is 12.1 Å². The lowest BCUT2D eigenvalue weighted by Gasteiger charge is -2.15. The predicted molar refractivity (Wildman–Crippen MR) is 123 cm³/mol. The SMILES string of the molecule is COc1cc(OC)c(NS(=O)(=O)c2cc(C(=O)OCC(=O)NC3CC3)c(Cl)cc2Cl)cc1Cl. The van der Waals surface area contributed by atoms with Gasteiger partial charge in [-0.05, 0) is 31.0 Å². The van der Waals surface area contributed by atoms with Gasteiger partial charge in [0.25, 0.3) is 15.9 Å². The summed E-state index contributed by atoms with van der Waals surface area (Å²) < 4.78 is 43.7. The van der Waals surface area contributed by atoms with Crippen LogP contribution in [0.4, 0.5) is 5.69 Å². The van der Waals surface area contributed by atoms with E-state index in [1.807, 2.05) is 0 Å². The second-order valence-electron chi connectivity index (χ2n) is 6.97. The van der Waals surface area contributed by atoms with E-state index in [0.717, 1.165) is 25.0 Å². The zero-order valence-corrected chi connectivity index (χ0v) is 20.5. The van der Waals surface area contributed by atoms with Gasteiger partial charge in [-0.15, -0.1) is 0 Å². The highest BCUT2D eigenvalue weighted by Gasteiger charge is 2.27. The number of amides is 1. The van der Waals surface area contributed by atoms with Gasteiger partial charge < -0.3 is 19.5 Å². The number of carbonyl (C=O) groups is 2. The molecule has 178 valence electrons. The quantitative estimate of drug-likeness (QED) is 0.466. The van der Waals surface area contributed by atoms with Crippen molar-refractivity contribution in [2.75, 3.05) is 25.5 Å². The van der Waals surface area contributed by atoms with Crippen molar-refractivity contribution in [3.05, 3.63) is 44.9 Å². The number of sulfonamides is 1. The third-order valence-electron chi connectivity index (χ3n) is 4.53. The number of carbonyl (C=O) groups excluding carboxylic acids is 2. The first-order valence-corrected chi connectivity index (χ1v) is 12.1. The van der Waals surface area contributed by atoms with E-state index in [9.17, 15) is 18.0 Å². The topological polar surface area (TPSA) is 120 Å². The molecule has 2 aromatic rings. The van der Waals surface area contributed by atoms with E-state index in [4.69, 9.17) is 49.0 Å². The Morgan fingerprint density at radius 3 is 2.24 bits per heavy atom. The predicted octanol–water partition coefficient (Wildman–Crippen LogP) is 3.90. The summed E-state index contributed by atoms with van der Waals surface area (Å²) in [5.41, 5.74) is -0.268. The lowest BCUT2D eigenvalue weighted by Crippen LogP contribution is -2.30. The molecular formula is C20H19Cl3N2O7S. The lowest BCUT2D eigenvalue weighted by atomic mass is 10.2. The molecular weight excluding hydrogens is 519 g/mol. The van der Waals surface area contributed by atoms with Crippen molar-refractivity contribution in [1.82, 2.24) is 5.32 Å². The van der Waals surface area contributed by atoms with Gasteiger partial charge in [-0.1, -0.05) is 34.8 Å². The molecule has 9 nitrogen and oxygen atoms in total. The van der Waals surface area contributed by atoms with Crippen molar-refractivity contribution in [3.8, 4) is 11.5 Å². The Bertz CT molecular complexity index is 1200. The van der Waals surface area contributed by atoms with Crippen molar-refractivity contribution >= 4 is 62.4 Å². The number of halogens is 3. The maximum absolute atomic E-state index is 13.1. The van der Waals surface area contributed by atoms with Crippen molar-refractivity contribution in [3.63, 3.8) is 0 Å². The highest BCUT2D eigenvalue weighted by molar-refractivity contribution is 7.92. The molecule has 2 aromatic carbocycles. The summed E-state index contributed by atoms with van der Waals surface area (Å²) in [5.74, 6) is -1.04. The monoisotopic (exact) mass is 536 g/mol. The summed E-state index contributed by atoms with van der Waals surface area (Å²) in [6.45, 7) is -0.532. The Balaban J connectivity index is 1.86. The second kappa shape index (κ2) is 10.3. The number of esters is 1. The number of anilines is 1. The maximum atomic E-state index is 13.1. The van der Waals surface area contributed by atoms with Gasteiger partial charge in [0.05, 0.1) is 40.5 Å². The molecule has 1 saturated carbocycles. The van der Waals surface area contributed by atoms with Crippen molar-refractivity contribution in [2.24, 2.45) is 0 Å². The largest absolute Gasteiger partial charge is 0.495 e. The third-order valence-corrected chi connectivity index (χ3v) is 6.96. The van der Waals surface area contributed by atoms with Crippen LogP contribution in [0.25, 0.3) is 0 Å². The van der Waals surface area contributed by atoms with E-state index in [1.165, 1.54) is 26.4 Å². The van der Waals surface area contributed by atoms with Gasteiger partial charge in [-0.3, -0.25) is 9.52 Å². The van der Waals surface area contributed by atoms with E-state index in [2.05, 4.69) is 10.0 Å². The smallest absolute Gasteiger partial charge is 0.340 e. The first kappa shape index (κ1) is 25.2. The summed E-state index contributed by atoms with van der Waals surface area (Å²) >= 11 is 18.3. The van der Waals surface area contributed by atoms with E-state index < -0.39 is 33.4 Å². The maximum Gasteiger partial charge on any atom is 0.340 e. The molecule has 0 aliphatic heterocycles. The van der Waals surface area contributed by atoms with Crippen LogP contribution in [-0.4, -0.2) is 47.2 Å². The molecule has 0 atom stereocenters.